The quantitative estimate of drug-likeness (QED) is 0.752. The summed E-state index contributed by atoms with van der Waals surface area (Å²) in [5.74, 6) is 0.0602. The highest BCUT2D eigenvalue weighted by Gasteiger charge is 2.31. The van der Waals surface area contributed by atoms with Gasteiger partial charge in [0.2, 0.25) is 10.0 Å². The van der Waals surface area contributed by atoms with Crippen molar-refractivity contribution < 1.29 is 18.1 Å². The number of piperazine rings is 1. The van der Waals surface area contributed by atoms with Crippen LogP contribution in [0.1, 0.15) is 5.56 Å². The Hall–Kier alpha value is -1.93. The van der Waals surface area contributed by atoms with E-state index >= 15 is 0 Å². The van der Waals surface area contributed by atoms with E-state index in [0.717, 1.165) is 10.5 Å². The third kappa shape index (κ3) is 5.11. The highest BCUT2D eigenvalue weighted by atomic mass is 35.5. The number of quaternary nitrogens is 1. The van der Waals surface area contributed by atoms with Crippen molar-refractivity contribution in [1.29, 1.82) is 0 Å². The van der Waals surface area contributed by atoms with Crippen LogP contribution in [0.15, 0.2) is 59.5 Å². The molecule has 6 nitrogen and oxygen atoms in total. The highest BCUT2D eigenvalue weighted by molar-refractivity contribution is 7.89. The number of likely N-dealkylation sites (N-methyl/N-ethyl adjacent to an activating group) is 1. The van der Waals surface area contributed by atoms with Gasteiger partial charge in [0.1, 0.15) is 0 Å². The molecule has 1 amide bonds. The van der Waals surface area contributed by atoms with Gasteiger partial charge >= 0.3 is 0 Å². The smallest absolute Gasteiger partial charge is 0.277 e. The Morgan fingerprint density at radius 3 is 2.43 bits per heavy atom. The fourth-order valence-corrected chi connectivity index (χ4v) is 5.03. The molecule has 1 N–H and O–H groups in total. The van der Waals surface area contributed by atoms with E-state index in [4.69, 9.17) is 11.6 Å². The Kier molecular flexibility index (Phi) is 6.72. The molecule has 0 aliphatic carbocycles. The number of halogens is 1. The van der Waals surface area contributed by atoms with Crippen molar-refractivity contribution in [3.63, 3.8) is 0 Å². The summed E-state index contributed by atoms with van der Waals surface area (Å²) in [6.45, 7) is 2.92. The molecule has 0 aromatic heterocycles. The number of benzene rings is 2. The molecule has 0 radical (unpaired) electrons. The molecule has 0 bridgehead atoms. The molecule has 0 atom stereocenters. The van der Waals surface area contributed by atoms with Crippen LogP contribution in [-0.2, 0) is 21.4 Å². The number of nitrogens with one attached hydrogen (secondary N) is 1. The maximum atomic E-state index is 12.8. The molecule has 3 rings (SSSR count). The average Bonchev–Trinajstić information content (AvgIpc) is 2.69. The van der Waals surface area contributed by atoms with Crippen LogP contribution >= 0.6 is 11.6 Å². The Morgan fingerprint density at radius 2 is 1.79 bits per heavy atom. The second-order valence-electron chi connectivity index (χ2n) is 7.02. The molecule has 8 heteroatoms. The summed E-state index contributed by atoms with van der Waals surface area (Å²) in [5, 5.41) is 0.400. The van der Waals surface area contributed by atoms with E-state index in [2.05, 4.69) is 0 Å². The molecule has 1 aliphatic rings. The zero-order valence-corrected chi connectivity index (χ0v) is 17.4. The van der Waals surface area contributed by atoms with Crippen molar-refractivity contribution in [2.75, 3.05) is 39.8 Å². The fraction of sp³-hybridized carbons (Fsp3) is 0.350. The summed E-state index contributed by atoms with van der Waals surface area (Å²) in [7, 11) is -1.75. The van der Waals surface area contributed by atoms with Crippen LogP contribution in [0.4, 0.5) is 0 Å². The molecule has 1 saturated heterocycles. The lowest BCUT2D eigenvalue weighted by molar-refractivity contribution is -0.896. The summed E-state index contributed by atoms with van der Waals surface area (Å²) in [6.07, 6.45) is 0. The lowest BCUT2D eigenvalue weighted by Gasteiger charge is -2.32. The molecule has 1 aliphatic heterocycles. The second-order valence-corrected chi connectivity index (χ2v) is 9.40. The van der Waals surface area contributed by atoms with Crippen molar-refractivity contribution in [3.05, 3.63) is 65.2 Å². The topological polar surface area (TPSA) is 62.1 Å². The van der Waals surface area contributed by atoms with Crippen LogP contribution in [0.2, 0.25) is 5.02 Å². The molecule has 28 heavy (non-hydrogen) atoms. The summed E-state index contributed by atoms with van der Waals surface area (Å²) < 4.78 is 27.0. The predicted molar refractivity (Wildman–Crippen MR) is 109 cm³/mol. The molecule has 0 spiro atoms. The number of carbonyl (C=O) groups is 1. The highest BCUT2D eigenvalue weighted by Crippen LogP contribution is 2.19. The van der Waals surface area contributed by atoms with E-state index in [1.807, 2.05) is 30.3 Å². The van der Waals surface area contributed by atoms with Gasteiger partial charge in [-0.05, 0) is 23.8 Å². The third-order valence-electron chi connectivity index (χ3n) is 4.95. The van der Waals surface area contributed by atoms with E-state index in [-0.39, 0.29) is 10.8 Å². The Morgan fingerprint density at radius 1 is 1.11 bits per heavy atom. The van der Waals surface area contributed by atoms with E-state index in [0.29, 0.717) is 44.3 Å². The number of sulfonamides is 1. The molecule has 0 unspecified atom stereocenters. The number of hydrogen-bond donors (Lipinski definition) is 1. The van der Waals surface area contributed by atoms with Gasteiger partial charge in [-0.15, -0.1) is 0 Å². The van der Waals surface area contributed by atoms with Crippen molar-refractivity contribution >= 4 is 27.5 Å². The second kappa shape index (κ2) is 9.05. The van der Waals surface area contributed by atoms with Crippen LogP contribution in [0.5, 0.6) is 0 Å². The van der Waals surface area contributed by atoms with E-state index in [1.54, 1.807) is 30.1 Å². The monoisotopic (exact) mass is 422 g/mol. The normalized spacial score (nSPS) is 16.1. The first-order valence-electron chi connectivity index (χ1n) is 9.23. The first kappa shape index (κ1) is 20.8. The van der Waals surface area contributed by atoms with E-state index in [1.165, 1.54) is 10.4 Å². The minimum Gasteiger partial charge on any atom is -0.337 e. The number of amides is 1. The molecule has 1 fully saturated rings. The standard InChI is InChI=1S/C20H24ClN3O3S/c1-22(15-17-6-3-2-4-7-17)20(25)16-23-10-12-24(13-11-23)28(26,27)19-9-5-8-18(21)14-19/h2-9,14H,10-13,15-16H2,1H3/p+1. The number of hydrogen-bond acceptors (Lipinski definition) is 3. The lowest BCUT2D eigenvalue weighted by atomic mass is 10.2. The molecular formula is C20H25ClN3O3S+. The Bertz CT molecular complexity index is 913. The van der Waals surface area contributed by atoms with Crippen LogP contribution in [0.3, 0.4) is 0 Å². The zero-order chi connectivity index (χ0) is 20.1. The average molecular weight is 423 g/mol. The Labute approximate surface area is 171 Å². The number of carbonyl (C=O) groups excluding carboxylic acids is 1. The zero-order valence-electron chi connectivity index (χ0n) is 15.8. The summed E-state index contributed by atoms with van der Waals surface area (Å²) in [6, 6.07) is 16.2. The third-order valence-corrected chi connectivity index (χ3v) is 7.08. The van der Waals surface area contributed by atoms with Gasteiger partial charge < -0.3 is 9.80 Å². The first-order chi connectivity index (χ1) is 13.4. The van der Waals surface area contributed by atoms with Gasteiger partial charge in [0.25, 0.3) is 5.91 Å². The minimum atomic E-state index is -3.55. The fourth-order valence-electron chi connectivity index (χ4n) is 3.29. The molecular weight excluding hydrogens is 398 g/mol. The summed E-state index contributed by atoms with van der Waals surface area (Å²) >= 11 is 5.93. The van der Waals surface area contributed by atoms with Gasteiger partial charge in [0.15, 0.2) is 6.54 Å². The van der Waals surface area contributed by atoms with Crippen molar-refractivity contribution in [1.82, 2.24) is 9.21 Å². The SMILES string of the molecule is CN(Cc1ccccc1)C(=O)C[NH+]1CCN(S(=O)(=O)c2cccc(Cl)c2)CC1. The number of nitrogens with zero attached hydrogens (tertiary/aromatic N) is 2. The van der Waals surface area contributed by atoms with E-state index in [9.17, 15) is 13.2 Å². The maximum Gasteiger partial charge on any atom is 0.277 e. The van der Waals surface area contributed by atoms with Crippen LogP contribution in [-0.4, -0.2) is 63.3 Å². The minimum absolute atomic E-state index is 0.0602. The van der Waals surface area contributed by atoms with Gasteiger partial charge in [-0.1, -0.05) is 48.0 Å². The predicted octanol–water partition coefficient (Wildman–Crippen LogP) is 0.888. The van der Waals surface area contributed by atoms with Crippen LogP contribution in [0.25, 0.3) is 0 Å². The van der Waals surface area contributed by atoms with Crippen molar-refractivity contribution in [2.45, 2.75) is 11.4 Å². The van der Waals surface area contributed by atoms with E-state index < -0.39 is 10.0 Å². The summed E-state index contributed by atoms with van der Waals surface area (Å²) in [5.41, 5.74) is 1.09. The van der Waals surface area contributed by atoms with Gasteiger partial charge in [-0.25, -0.2) is 8.42 Å². The molecule has 2 aromatic rings. The molecule has 2 aromatic carbocycles. The summed E-state index contributed by atoms with van der Waals surface area (Å²) in [4.78, 5) is 15.5. The van der Waals surface area contributed by atoms with Crippen LogP contribution < -0.4 is 4.90 Å². The molecule has 150 valence electrons. The first-order valence-corrected chi connectivity index (χ1v) is 11.1. The van der Waals surface area contributed by atoms with Crippen molar-refractivity contribution in [2.24, 2.45) is 0 Å². The molecule has 1 heterocycles. The van der Waals surface area contributed by atoms with Crippen molar-refractivity contribution in [3.8, 4) is 0 Å². The van der Waals surface area contributed by atoms with Gasteiger partial charge in [0, 0.05) is 18.6 Å². The number of rotatable bonds is 6. The van der Waals surface area contributed by atoms with Gasteiger partial charge in [0.05, 0.1) is 31.1 Å². The molecule has 0 saturated carbocycles. The maximum absolute atomic E-state index is 12.8. The van der Waals surface area contributed by atoms with Crippen LogP contribution in [0, 0.1) is 0 Å². The van der Waals surface area contributed by atoms with Gasteiger partial charge in [-0.3, -0.25) is 4.79 Å². The Balaban J connectivity index is 1.53. The van der Waals surface area contributed by atoms with Gasteiger partial charge in [-0.2, -0.15) is 4.31 Å². The largest absolute Gasteiger partial charge is 0.337 e. The lowest BCUT2D eigenvalue weighted by Crippen LogP contribution is -3.15.